The van der Waals surface area contributed by atoms with Gasteiger partial charge in [-0.25, -0.2) is 18.4 Å². The van der Waals surface area contributed by atoms with Gasteiger partial charge in [0.2, 0.25) is 0 Å². The van der Waals surface area contributed by atoms with Crippen LogP contribution in [0.4, 0.5) is 14.5 Å². The van der Waals surface area contributed by atoms with Crippen LogP contribution >= 0.6 is 0 Å². The number of anilines is 1. The number of carbonyl (C=O) groups is 3. The third-order valence-corrected chi connectivity index (χ3v) is 4.92. The molecule has 8 heteroatoms. The van der Waals surface area contributed by atoms with Gasteiger partial charge in [-0.2, -0.15) is 0 Å². The lowest BCUT2D eigenvalue weighted by molar-refractivity contribution is -0.119. The highest BCUT2D eigenvalue weighted by atomic mass is 19.1. The fraction of sp³-hybridized carbons (Fsp3) is 0.125. The van der Waals surface area contributed by atoms with Crippen LogP contribution < -0.4 is 5.32 Å². The predicted molar refractivity (Wildman–Crippen MR) is 110 cm³/mol. The summed E-state index contributed by atoms with van der Waals surface area (Å²) in [5.41, 5.74) is 1.60. The molecule has 1 aliphatic heterocycles. The van der Waals surface area contributed by atoms with E-state index in [4.69, 9.17) is 9.47 Å². The summed E-state index contributed by atoms with van der Waals surface area (Å²) in [6, 6.07) is 16.2. The summed E-state index contributed by atoms with van der Waals surface area (Å²) in [6.45, 7) is -0.694. The molecule has 3 aromatic rings. The van der Waals surface area contributed by atoms with Gasteiger partial charge in [0, 0.05) is 12.5 Å². The van der Waals surface area contributed by atoms with Crippen LogP contribution in [0.15, 0.2) is 66.7 Å². The first-order valence-electron chi connectivity index (χ1n) is 9.71. The first kappa shape index (κ1) is 21.2. The number of nitrogens with one attached hydrogen (secondary N) is 1. The zero-order chi connectivity index (χ0) is 22.7. The minimum absolute atomic E-state index is 0.148. The van der Waals surface area contributed by atoms with Crippen molar-refractivity contribution < 1.29 is 32.6 Å². The minimum Gasteiger partial charge on any atom is -0.454 e. The summed E-state index contributed by atoms with van der Waals surface area (Å²) in [5, 5.41) is 2.15. The first-order chi connectivity index (χ1) is 15.4. The molecule has 0 fully saturated rings. The highest BCUT2D eigenvalue weighted by molar-refractivity contribution is 5.97. The summed E-state index contributed by atoms with van der Waals surface area (Å²) >= 11 is 0. The van der Waals surface area contributed by atoms with E-state index in [-0.39, 0.29) is 11.3 Å². The summed E-state index contributed by atoms with van der Waals surface area (Å²) < 4.78 is 37.3. The molecule has 32 heavy (non-hydrogen) atoms. The number of cyclic esters (lactones) is 1. The van der Waals surface area contributed by atoms with Crippen molar-refractivity contribution in [1.82, 2.24) is 0 Å². The number of ether oxygens (including phenoxy) is 2. The number of benzene rings is 3. The number of hydrogen-bond acceptors (Lipinski definition) is 5. The summed E-state index contributed by atoms with van der Waals surface area (Å²) in [7, 11) is 0. The molecule has 162 valence electrons. The second-order valence-electron chi connectivity index (χ2n) is 7.13. The molecule has 1 amide bonds. The van der Waals surface area contributed by atoms with Crippen LogP contribution in [0.2, 0.25) is 0 Å². The molecule has 0 spiro atoms. The van der Waals surface area contributed by atoms with Crippen LogP contribution in [-0.2, 0) is 20.7 Å². The number of fused-ring (bicyclic) bond motifs is 1. The van der Waals surface area contributed by atoms with Crippen molar-refractivity contribution in [2.75, 3.05) is 11.9 Å². The standard InChI is InChI=1S/C24H17F2NO5/c25-17-7-9-19(26)20(12-17)27-22(28)13-31-23(29)15-6-8-18-16(10-15)11-21(32-24(18)30)14-4-2-1-3-5-14/h1-10,12,21H,11,13H2,(H,27,28). The Hall–Kier alpha value is -4.07. The molecule has 0 aromatic heterocycles. The van der Waals surface area contributed by atoms with E-state index in [9.17, 15) is 23.2 Å². The number of amides is 1. The van der Waals surface area contributed by atoms with E-state index in [0.717, 1.165) is 23.8 Å². The Morgan fingerprint density at radius 3 is 2.59 bits per heavy atom. The predicted octanol–water partition coefficient (Wildman–Crippen LogP) is 4.21. The Bertz CT molecular complexity index is 1200. The Morgan fingerprint density at radius 2 is 1.81 bits per heavy atom. The van der Waals surface area contributed by atoms with Gasteiger partial charge in [-0.15, -0.1) is 0 Å². The maximum Gasteiger partial charge on any atom is 0.339 e. The van der Waals surface area contributed by atoms with Crippen LogP contribution in [0.1, 0.15) is 37.9 Å². The maximum absolute atomic E-state index is 13.6. The molecular weight excluding hydrogens is 420 g/mol. The lowest BCUT2D eigenvalue weighted by Gasteiger charge is -2.25. The van der Waals surface area contributed by atoms with Crippen molar-refractivity contribution in [3.8, 4) is 0 Å². The zero-order valence-corrected chi connectivity index (χ0v) is 16.6. The lowest BCUT2D eigenvalue weighted by Crippen LogP contribution is -2.23. The molecular formula is C24H17F2NO5. The largest absolute Gasteiger partial charge is 0.454 e. The molecule has 1 atom stereocenters. The molecule has 0 aliphatic carbocycles. The molecule has 0 saturated carbocycles. The van der Waals surface area contributed by atoms with Gasteiger partial charge < -0.3 is 14.8 Å². The van der Waals surface area contributed by atoms with Gasteiger partial charge in [-0.1, -0.05) is 30.3 Å². The van der Waals surface area contributed by atoms with Gasteiger partial charge in [0.05, 0.1) is 16.8 Å². The van der Waals surface area contributed by atoms with Crippen molar-refractivity contribution in [3.63, 3.8) is 0 Å². The van der Waals surface area contributed by atoms with Gasteiger partial charge in [0.15, 0.2) is 6.61 Å². The first-order valence-corrected chi connectivity index (χ1v) is 9.71. The van der Waals surface area contributed by atoms with Crippen LogP contribution in [0.25, 0.3) is 0 Å². The highest BCUT2D eigenvalue weighted by Crippen LogP contribution is 2.31. The Morgan fingerprint density at radius 1 is 1.03 bits per heavy atom. The highest BCUT2D eigenvalue weighted by Gasteiger charge is 2.28. The Kier molecular flexibility index (Phi) is 5.93. The topological polar surface area (TPSA) is 81.7 Å². The smallest absolute Gasteiger partial charge is 0.339 e. The molecule has 4 rings (SSSR count). The van der Waals surface area contributed by atoms with E-state index in [1.807, 2.05) is 30.3 Å². The van der Waals surface area contributed by atoms with Crippen LogP contribution in [-0.4, -0.2) is 24.5 Å². The molecule has 1 aliphatic rings. The molecule has 0 bridgehead atoms. The number of halogens is 2. The van der Waals surface area contributed by atoms with E-state index < -0.39 is 42.2 Å². The molecule has 0 radical (unpaired) electrons. The van der Waals surface area contributed by atoms with Crippen LogP contribution in [0, 0.1) is 11.6 Å². The SMILES string of the molecule is O=C(COC(=O)c1ccc2c(c1)CC(c1ccccc1)OC2=O)Nc1cc(F)ccc1F. The quantitative estimate of drug-likeness (QED) is 0.605. The van der Waals surface area contributed by atoms with Crippen molar-refractivity contribution in [3.05, 3.63) is 101 Å². The average molecular weight is 437 g/mol. The summed E-state index contributed by atoms with van der Waals surface area (Å²) in [6.07, 6.45) is -0.0969. The molecule has 1 unspecified atom stereocenters. The van der Waals surface area contributed by atoms with E-state index in [1.54, 1.807) is 0 Å². The minimum atomic E-state index is -0.825. The second-order valence-corrected chi connectivity index (χ2v) is 7.13. The summed E-state index contributed by atoms with van der Waals surface area (Å²) in [5.74, 6) is -3.65. The second kappa shape index (κ2) is 8.97. The number of hydrogen-bond donors (Lipinski definition) is 1. The van der Waals surface area contributed by atoms with Crippen LogP contribution in [0.3, 0.4) is 0 Å². The molecule has 1 heterocycles. The Labute approximate surface area is 181 Å². The van der Waals surface area contributed by atoms with Crippen molar-refractivity contribution in [2.45, 2.75) is 12.5 Å². The molecule has 3 aromatic carbocycles. The third-order valence-electron chi connectivity index (χ3n) is 4.92. The van der Waals surface area contributed by atoms with Gasteiger partial charge >= 0.3 is 11.9 Å². The average Bonchev–Trinajstić information content (AvgIpc) is 2.80. The van der Waals surface area contributed by atoms with Crippen LogP contribution in [0.5, 0.6) is 0 Å². The number of rotatable bonds is 5. The number of carbonyl (C=O) groups excluding carboxylic acids is 3. The molecule has 6 nitrogen and oxygen atoms in total. The van der Waals surface area contributed by atoms with Crippen molar-refractivity contribution >= 4 is 23.5 Å². The van der Waals surface area contributed by atoms with E-state index in [2.05, 4.69) is 5.32 Å². The van der Waals surface area contributed by atoms with Gasteiger partial charge in [-0.05, 0) is 41.5 Å². The van der Waals surface area contributed by atoms with E-state index >= 15 is 0 Å². The fourth-order valence-electron chi connectivity index (χ4n) is 3.37. The zero-order valence-electron chi connectivity index (χ0n) is 16.6. The van der Waals surface area contributed by atoms with E-state index in [1.165, 1.54) is 18.2 Å². The van der Waals surface area contributed by atoms with Gasteiger partial charge in [0.1, 0.15) is 17.7 Å². The van der Waals surface area contributed by atoms with E-state index in [0.29, 0.717) is 17.5 Å². The van der Waals surface area contributed by atoms with Gasteiger partial charge in [-0.3, -0.25) is 4.79 Å². The third kappa shape index (κ3) is 4.64. The monoisotopic (exact) mass is 437 g/mol. The summed E-state index contributed by atoms with van der Waals surface area (Å²) in [4.78, 5) is 36.7. The lowest BCUT2D eigenvalue weighted by atomic mass is 9.93. The Balaban J connectivity index is 1.42. The maximum atomic E-state index is 13.6. The van der Waals surface area contributed by atoms with Crippen molar-refractivity contribution in [1.29, 1.82) is 0 Å². The van der Waals surface area contributed by atoms with Crippen molar-refractivity contribution in [2.24, 2.45) is 0 Å². The molecule has 0 saturated heterocycles. The normalized spacial score (nSPS) is 14.8. The number of esters is 2. The van der Waals surface area contributed by atoms with Gasteiger partial charge in [0.25, 0.3) is 5.91 Å². The fourth-order valence-corrected chi connectivity index (χ4v) is 3.37. The molecule has 1 N–H and O–H groups in total.